The van der Waals surface area contributed by atoms with E-state index < -0.39 is 10.0 Å². The molecular weight excluding hydrogens is 364 g/mol. The summed E-state index contributed by atoms with van der Waals surface area (Å²) in [5.41, 5.74) is 0.892. The molecule has 27 heavy (non-hydrogen) atoms. The molecule has 2 aromatic rings. The molecule has 1 fully saturated rings. The molecule has 1 saturated carbocycles. The normalized spacial score (nSPS) is 14.2. The predicted molar refractivity (Wildman–Crippen MR) is 105 cm³/mol. The Morgan fingerprint density at radius 2 is 1.85 bits per heavy atom. The van der Waals surface area contributed by atoms with Crippen LogP contribution in [0.2, 0.25) is 0 Å². The van der Waals surface area contributed by atoms with Gasteiger partial charge in [-0.05, 0) is 75.1 Å². The maximum Gasteiger partial charge on any atom is 0.255 e. The zero-order valence-corrected chi connectivity index (χ0v) is 16.3. The van der Waals surface area contributed by atoms with Crippen LogP contribution in [0.5, 0.6) is 5.75 Å². The van der Waals surface area contributed by atoms with E-state index in [9.17, 15) is 13.2 Å². The van der Waals surface area contributed by atoms with Crippen molar-refractivity contribution < 1.29 is 17.9 Å². The van der Waals surface area contributed by atoms with E-state index in [2.05, 4.69) is 10.0 Å². The van der Waals surface area contributed by atoms with Crippen LogP contribution >= 0.6 is 0 Å². The lowest BCUT2D eigenvalue weighted by molar-refractivity contribution is 0.102. The average Bonchev–Trinajstić information content (AvgIpc) is 3.46. The molecule has 0 aliphatic heterocycles. The summed E-state index contributed by atoms with van der Waals surface area (Å²) < 4.78 is 32.9. The van der Waals surface area contributed by atoms with Crippen molar-refractivity contribution in [2.24, 2.45) is 5.92 Å². The van der Waals surface area contributed by atoms with Crippen molar-refractivity contribution in [1.29, 1.82) is 0 Å². The Labute approximate surface area is 160 Å². The first-order valence-electron chi connectivity index (χ1n) is 9.01. The van der Waals surface area contributed by atoms with Gasteiger partial charge in [0.1, 0.15) is 5.75 Å². The number of carbonyl (C=O) groups is 1. The van der Waals surface area contributed by atoms with E-state index in [1.807, 2.05) is 13.8 Å². The Morgan fingerprint density at radius 1 is 1.15 bits per heavy atom. The minimum absolute atomic E-state index is 0.0728. The van der Waals surface area contributed by atoms with Crippen molar-refractivity contribution in [3.8, 4) is 5.75 Å². The van der Waals surface area contributed by atoms with E-state index in [-0.39, 0.29) is 22.5 Å². The van der Waals surface area contributed by atoms with Crippen LogP contribution in [0, 0.1) is 5.92 Å². The molecule has 1 aliphatic carbocycles. The zero-order chi connectivity index (χ0) is 19.4. The van der Waals surface area contributed by atoms with Gasteiger partial charge in [-0.2, -0.15) is 0 Å². The molecule has 3 rings (SSSR count). The molecule has 0 spiro atoms. The van der Waals surface area contributed by atoms with Crippen molar-refractivity contribution in [3.63, 3.8) is 0 Å². The quantitative estimate of drug-likeness (QED) is 0.726. The van der Waals surface area contributed by atoms with Gasteiger partial charge in [-0.15, -0.1) is 0 Å². The highest BCUT2D eigenvalue weighted by Gasteiger charge is 2.24. The van der Waals surface area contributed by atoms with Crippen molar-refractivity contribution in [3.05, 3.63) is 54.1 Å². The number of ether oxygens (including phenoxy) is 1. The predicted octanol–water partition coefficient (Wildman–Crippen LogP) is 3.41. The summed E-state index contributed by atoms with van der Waals surface area (Å²) in [5, 5.41) is 2.77. The lowest BCUT2D eigenvalue weighted by atomic mass is 10.2. The molecule has 0 heterocycles. The molecule has 2 N–H and O–H groups in total. The van der Waals surface area contributed by atoms with Crippen LogP contribution in [0.4, 0.5) is 5.69 Å². The van der Waals surface area contributed by atoms with E-state index in [0.29, 0.717) is 18.2 Å². The number of carbonyl (C=O) groups excluding carboxylic acids is 1. The van der Waals surface area contributed by atoms with Gasteiger partial charge in [0.15, 0.2) is 0 Å². The third-order valence-corrected chi connectivity index (χ3v) is 5.57. The molecule has 0 bridgehead atoms. The second-order valence-corrected chi connectivity index (χ2v) is 8.74. The molecule has 144 valence electrons. The maximum absolute atomic E-state index is 12.5. The van der Waals surface area contributed by atoms with Gasteiger partial charge >= 0.3 is 0 Å². The summed E-state index contributed by atoms with van der Waals surface area (Å²) >= 11 is 0. The number of hydrogen-bond donors (Lipinski definition) is 2. The van der Waals surface area contributed by atoms with Gasteiger partial charge in [-0.3, -0.25) is 4.79 Å². The molecule has 6 nitrogen and oxygen atoms in total. The van der Waals surface area contributed by atoms with Crippen LogP contribution in [0.3, 0.4) is 0 Å². The number of nitrogens with one attached hydrogen (secondary N) is 2. The largest absolute Gasteiger partial charge is 0.491 e. The number of amides is 1. The molecule has 1 aliphatic rings. The van der Waals surface area contributed by atoms with Crippen LogP contribution in [-0.2, 0) is 10.0 Å². The minimum Gasteiger partial charge on any atom is -0.491 e. The molecule has 0 unspecified atom stereocenters. The van der Waals surface area contributed by atoms with Crippen molar-refractivity contribution in [2.75, 3.05) is 11.9 Å². The lowest BCUT2D eigenvalue weighted by Crippen LogP contribution is -2.26. The van der Waals surface area contributed by atoms with E-state index >= 15 is 0 Å². The lowest BCUT2D eigenvalue weighted by Gasteiger charge is -2.11. The fourth-order valence-electron chi connectivity index (χ4n) is 2.53. The number of benzene rings is 2. The van der Waals surface area contributed by atoms with Crippen LogP contribution < -0.4 is 14.8 Å². The summed E-state index contributed by atoms with van der Waals surface area (Å²) in [6.45, 7) is 4.33. The minimum atomic E-state index is -3.61. The highest BCUT2D eigenvalue weighted by Crippen LogP contribution is 2.28. The van der Waals surface area contributed by atoms with Crippen molar-refractivity contribution in [2.45, 2.75) is 37.7 Å². The highest BCUT2D eigenvalue weighted by molar-refractivity contribution is 7.89. The summed E-state index contributed by atoms with van der Waals surface area (Å²) in [6.07, 6.45) is 2.20. The van der Waals surface area contributed by atoms with Crippen LogP contribution in [0.1, 0.15) is 37.0 Å². The summed E-state index contributed by atoms with van der Waals surface area (Å²) in [5.74, 6) is 0.790. The zero-order valence-electron chi connectivity index (χ0n) is 15.4. The van der Waals surface area contributed by atoms with Crippen LogP contribution in [0.25, 0.3) is 0 Å². The SMILES string of the molecule is CC(C)Oc1ccc(NC(=O)c2cccc(S(=O)(=O)NCC3CC3)c2)cc1. The number of sulfonamides is 1. The van der Waals surface area contributed by atoms with Gasteiger partial charge in [-0.1, -0.05) is 6.07 Å². The molecule has 0 radical (unpaired) electrons. The molecule has 2 aromatic carbocycles. The number of anilines is 1. The molecule has 0 atom stereocenters. The number of rotatable bonds is 8. The third kappa shape index (κ3) is 5.55. The monoisotopic (exact) mass is 388 g/mol. The Morgan fingerprint density at radius 3 is 2.48 bits per heavy atom. The van der Waals surface area contributed by atoms with Gasteiger partial charge in [0.05, 0.1) is 11.0 Å². The first kappa shape index (κ1) is 19.4. The Hall–Kier alpha value is -2.38. The second-order valence-electron chi connectivity index (χ2n) is 6.97. The molecule has 0 aromatic heterocycles. The molecule has 1 amide bonds. The number of hydrogen-bond acceptors (Lipinski definition) is 4. The Balaban J connectivity index is 1.67. The summed E-state index contributed by atoms with van der Waals surface area (Å²) in [7, 11) is -3.61. The van der Waals surface area contributed by atoms with Crippen molar-refractivity contribution >= 4 is 21.6 Å². The summed E-state index contributed by atoms with van der Waals surface area (Å²) in [4.78, 5) is 12.6. The highest BCUT2D eigenvalue weighted by atomic mass is 32.2. The fraction of sp³-hybridized carbons (Fsp3) is 0.350. The van der Waals surface area contributed by atoms with Gasteiger partial charge < -0.3 is 10.1 Å². The molecule has 0 saturated heterocycles. The van der Waals surface area contributed by atoms with Gasteiger partial charge in [0.25, 0.3) is 5.91 Å². The first-order valence-corrected chi connectivity index (χ1v) is 10.5. The fourth-order valence-corrected chi connectivity index (χ4v) is 3.69. The van der Waals surface area contributed by atoms with Gasteiger partial charge in [0.2, 0.25) is 10.0 Å². The van der Waals surface area contributed by atoms with E-state index in [1.165, 1.54) is 12.1 Å². The second kappa shape index (κ2) is 8.10. The smallest absolute Gasteiger partial charge is 0.255 e. The molecule has 7 heteroatoms. The van der Waals surface area contributed by atoms with Gasteiger partial charge in [0, 0.05) is 17.8 Å². The van der Waals surface area contributed by atoms with Crippen LogP contribution in [-0.4, -0.2) is 27.0 Å². The maximum atomic E-state index is 12.5. The van der Waals surface area contributed by atoms with E-state index in [0.717, 1.165) is 18.6 Å². The Kier molecular flexibility index (Phi) is 5.82. The molecular formula is C20H24N2O4S. The Bertz CT molecular complexity index is 904. The van der Waals surface area contributed by atoms with Crippen molar-refractivity contribution in [1.82, 2.24) is 4.72 Å². The topological polar surface area (TPSA) is 84.5 Å². The van der Waals surface area contributed by atoms with E-state index in [4.69, 9.17) is 4.74 Å². The first-order chi connectivity index (χ1) is 12.8. The standard InChI is InChI=1S/C20H24N2O4S/c1-14(2)26-18-10-8-17(9-11-18)22-20(23)16-4-3-5-19(12-16)27(24,25)21-13-15-6-7-15/h3-5,8-12,14-15,21H,6-7,13H2,1-2H3,(H,22,23). The van der Waals surface area contributed by atoms with Crippen LogP contribution in [0.15, 0.2) is 53.4 Å². The van der Waals surface area contributed by atoms with E-state index in [1.54, 1.807) is 36.4 Å². The average molecular weight is 388 g/mol. The third-order valence-electron chi connectivity index (χ3n) is 4.15. The van der Waals surface area contributed by atoms with Gasteiger partial charge in [-0.25, -0.2) is 13.1 Å². The summed E-state index contributed by atoms with van der Waals surface area (Å²) in [6, 6.07) is 13.1.